The fourth-order valence-electron chi connectivity index (χ4n) is 6.15. The van der Waals surface area contributed by atoms with Crippen LogP contribution in [0.4, 0.5) is 0 Å². The molecule has 1 amide bonds. The standard InChI is InChI=1S/C29H36N2O3/c1-34-27-7-2-4-21(16-27)10-13-28(33)30-25-12-11-24-20-31(19-22-8-9-22)15-14-29(24,18-25)23-5-3-6-26(32)17-23/h2-7,10,13,16-17,22,24-25,32H,8-9,11-12,14-15,18-20H2,1H3,(H,30,33)/t24-,25-,29+/m1/s1. The van der Waals surface area contributed by atoms with Gasteiger partial charge in [-0.25, -0.2) is 0 Å². The number of rotatable bonds is 7. The largest absolute Gasteiger partial charge is 0.508 e. The van der Waals surface area contributed by atoms with E-state index in [9.17, 15) is 9.90 Å². The molecule has 2 N–H and O–H groups in total. The number of piperidine rings is 1. The van der Waals surface area contributed by atoms with Crippen LogP contribution in [-0.2, 0) is 10.2 Å². The maximum absolute atomic E-state index is 12.8. The van der Waals surface area contributed by atoms with Gasteiger partial charge < -0.3 is 20.1 Å². The van der Waals surface area contributed by atoms with Crippen molar-refractivity contribution in [2.75, 3.05) is 26.7 Å². The fraction of sp³-hybridized carbons (Fsp3) is 0.483. The van der Waals surface area contributed by atoms with Crippen molar-refractivity contribution in [3.63, 3.8) is 0 Å². The SMILES string of the molecule is COc1cccc(C=CC(=O)N[C@@H]2CC[C@@H]3CN(CC4CC4)CC[C@@]3(c3cccc(O)c3)C2)c1. The third kappa shape index (κ3) is 5.15. The summed E-state index contributed by atoms with van der Waals surface area (Å²) in [5.74, 6) is 2.52. The number of phenolic OH excluding ortho intramolecular Hbond substituents is 1. The van der Waals surface area contributed by atoms with Crippen LogP contribution in [0.3, 0.4) is 0 Å². The lowest BCUT2D eigenvalue weighted by atomic mass is 9.58. The number of amides is 1. The summed E-state index contributed by atoms with van der Waals surface area (Å²) in [7, 11) is 1.64. The number of hydrogen-bond donors (Lipinski definition) is 2. The van der Waals surface area contributed by atoms with Crippen molar-refractivity contribution in [3.05, 3.63) is 65.7 Å². The highest BCUT2D eigenvalue weighted by Crippen LogP contribution is 2.50. The molecule has 180 valence electrons. The molecule has 3 aliphatic rings. The topological polar surface area (TPSA) is 61.8 Å². The van der Waals surface area contributed by atoms with Crippen molar-refractivity contribution in [3.8, 4) is 11.5 Å². The molecule has 0 unspecified atom stereocenters. The van der Waals surface area contributed by atoms with E-state index in [0.29, 0.717) is 11.7 Å². The van der Waals surface area contributed by atoms with E-state index in [0.717, 1.165) is 56.0 Å². The molecule has 34 heavy (non-hydrogen) atoms. The van der Waals surface area contributed by atoms with Crippen LogP contribution in [0.2, 0.25) is 0 Å². The molecular weight excluding hydrogens is 424 g/mol. The molecule has 3 fully saturated rings. The summed E-state index contributed by atoms with van der Waals surface area (Å²) in [5, 5.41) is 13.5. The highest BCUT2D eigenvalue weighted by Gasteiger charge is 2.48. The molecule has 2 aliphatic carbocycles. The molecule has 2 saturated carbocycles. The van der Waals surface area contributed by atoms with Crippen LogP contribution in [0.15, 0.2) is 54.6 Å². The van der Waals surface area contributed by atoms with Gasteiger partial charge in [-0.05, 0) is 98.4 Å². The molecular formula is C29H36N2O3. The molecule has 0 bridgehead atoms. The van der Waals surface area contributed by atoms with E-state index in [-0.39, 0.29) is 17.4 Å². The molecule has 5 nitrogen and oxygen atoms in total. The number of hydrogen-bond acceptors (Lipinski definition) is 4. The zero-order chi connectivity index (χ0) is 23.5. The van der Waals surface area contributed by atoms with Crippen molar-refractivity contribution in [1.82, 2.24) is 10.2 Å². The number of methoxy groups -OCH3 is 1. The van der Waals surface area contributed by atoms with Crippen molar-refractivity contribution in [2.45, 2.75) is 50.0 Å². The van der Waals surface area contributed by atoms with Gasteiger partial charge in [-0.3, -0.25) is 4.79 Å². The lowest BCUT2D eigenvalue weighted by Gasteiger charge is -2.53. The Morgan fingerprint density at radius 1 is 1.18 bits per heavy atom. The highest BCUT2D eigenvalue weighted by molar-refractivity contribution is 5.92. The van der Waals surface area contributed by atoms with Crippen LogP contribution in [0, 0.1) is 11.8 Å². The molecule has 1 aliphatic heterocycles. The minimum absolute atomic E-state index is 0.00545. The summed E-state index contributed by atoms with van der Waals surface area (Å²) >= 11 is 0. The Morgan fingerprint density at radius 3 is 2.82 bits per heavy atom. The van der Waals surface area contributed by atoms with Crippen LogP contribution in [0.5, 0.6) is 11.5 Å². The summed E-state index contributed by atoms with van der Waals surface area (Å²) in [6.45, 7) is 3.46. The first kappa shape index (κ1) is 23.0. The van der Waals surface area contributed by atoms with Gasteiger partial charge in [0.2, 0.25) is 5.91 Å². The highest BCUT2D eigenvalue weighted by atomic mass is 16.5. The minimum Gasteiger partial charge on any atom is -0.508 e. The molecule has 2 aromatic carbocycles. The van der Waals surface area contributed by atoms with Gasteiger partial charge in [0.15, 0.2) is 0 Å². The van der Waals surface area contributed by atoms with E-state index in [4.69, 9.17) is 4.74 Å². The molecule has 0 radical (unpaired) electrons. The smallest absolute Gasteiger partial charge is 0.244 e. The summed E-state index contributed by atoms with van der Waals surface area (Å²) in [5.41, 5.74) is 2.18. The number of nitrogens with one attached hydrogen (secondary N) is 1. The summed E-state index contributed by atoms with van der Waals surface area (Å²) in [6.07, 6.45) is 10.3. The van der Waals surface area contributed by atoms with Crippen molar-refractivity contribution in [1.29, 1.82) is 0 Å². The van der Waals surface area contributed by atoms with Gasteiger partial charge in [-0.1, -0.05) is 24.3 Å². The number of benzene rings is 2. The molecule has 5 heteroatoms. The molecule has 0 aromatic heterocycles. The Balaban J connectivity index is 1.29. The Labute approximate surface area is 202 Å². The van der Waals surface area contributed by atoms with Gasteiger partial charge in [0, 0.05) is 30.6 Å². The first-order valence-electron chi connectivity index (χ1n) is 12.7. The predicted octanol–water partition coefficient (Wildman–Crippen LogP) is 4.75. The molecule has 1 heterocycles. The van der Waals surface area contributed by atoms with Crippen molar-refractivity contribution < 1.29 is 14.6 Å². The number of aromatic hydroxyl groups is 1. The third-order valence-corrected chi connectivity index (χ3v) is 8.11. The van der Waals surface area contributed by atoms with Gasteiger partial charge in [0.1, 0.15) is 11.5 Å². The quantitative estimate of drug-likeness (QED) is 0.585. The van der Waals surface area contributed by atoms with Crippen LogP contribution < -0.4 is 10.1 Å². The molecule has 5 rings (SSSR count). The monoisotopic (exact) mass is 460 g/mol. The number of carbonyl (C=O) groups is 1. The van der Waals surface area contributed by atoms with Crippen LogP contribution >= 0.6 is 0 Å². The van der Waals surface area contributed by atoms with Gasteiger partial charge in [-0.2, -0.15) is 0 Å². The zero-order valence-corrected chi connectivity index (χ0v) is 20.1. The van der Waals surface area contributed by atoms with E-state index in [1.807, 2.05) is 42.5 Å². The normalized spacial score (nSPS) is 27.3. The summed E-state index contributed by atoms with van der Waals surface area (Å²) in [6, 6.07) is 15.7. The average Bonchev–Trinajstić information content (AvgIpc) is 3.67. The van der Waals surface area contributed by atoms with E-state index in [1.165, 1.54) is 24.9 Å². The van der Waals surface area contributed by atoms with Crippen LogP contribution in [0.25, 0.3) is 6.08 Å². The Morgan fingerprint density at radius 2 is 2.03 bits per heavy atom. The van der Waals surface area contributed by atoms with E-state index < -0.39 is 0 Å². The maximum Gasteiger partial charge on any atom is 0.244 e. The number of phenols is 1. The Hall–Kier alpha value is -2.79. The zero-order valence-electron chi connectivity index (χ0n) is 20.1. The first-order valence-corrected chi connectivity index (χ1v) is 12.7. The first-order chi connectivity index (χ1) is 16.5. The van der Waals surface area contributed by atoms with E-state index >= 15 is 0 Å². The number of nitrogens with zero attached hydrogens (tertiary/aromatic N) is 1. The Kier molecular flexibility index (Phi) is 6.64. The molecule has 3 atom stereocenters. The third-order valence-electron chi connectivity index (χ3n) is 8.11. The van der Waals surface area contributed by atoms with E-state index in [1.54, 1.807) is 19.3 Å². The molecule has 1 saturated heterocycles. The van der Waals surface area contributed by atoms with Crippen molar-refractivity contribution in [2.24, 2.45) is 11.8 Å². The Bertz CT molecular complexity index is 1050. The maximum atomic E-state index is 12.8. The second kappa shape index (κ2) is 9.83. The number of ether oxygens (including phenoxy) is 1. The minimum atomic E-state index is -0.0523. The summed E-state index contributed by atoms with van der Waals surface area (Å²) < 4.78 is 5.27. The lowest BCUT2D eigenvalue weighted by molar-refractivity contribution is -0.117. The predicted molar refractivity (Wildman–Crippen MR) is 135 cm³/mol. The number of carbonyl (C=O) groups excluding carboxylic acids is 1. The lowest BCUT2D eigenvalue weighted by Crippen LogP contribution is -2.56. The average molecular weight is 461 g/mol. The number of likely N-dealkylation sites (tertiary alicyclic amines) is 1. The number of fused-ring (bicyclic) bond motifs is 1. The van der Waals surface area contributed by atoms with Gasteiger partial charge in [-0.15, -0.1) is 0 Å². The van der Waals surface area contributed by atoms with Crippen LogP contribution in [-0.4, -0.2) is 48.7 Å². The fourth-order valence-corrected chi connectivity index (χ4v) is 6.15. The van der Waals surface area contributed by atoms with Gasteiger partial charge in [0.25, 0.3) is 0 Å². The van der Waals surface area contributed by atoms with E-state index in [2.05, 4.69) is 16.3 Å². The van der Waals surface area contributed by atoms with Crippen LogP contribution in [0.1, 0.15) is 49.7 Å². The molecule has 2 aromatic rings. The second-order valence-corrected chi connectivity index (χ2v) is 10.5. The van der Waals surface area contributed by atoms with Gasteiger partial charge in [0.05, 0.1) is 7.11 Å². The summed E-state index contributed by atoms with van der Waals surface area (Å²) in [4.78, 5) is 15.5. The van der Waals surface area contributed by atoms with Gasteiger partial charge >= 0.3 is 0 Å². The molecule has 0 spiro atoms. The second-order valence-electron chi connectivity index (χ2n) is 10.5. The van der Waals surface area contributed by atoms with Crippen molar-refractivity contribution >= 4 is 12.0 Å².